The fourth-order valence-corrected chi connectivity index (χ4v) is 2.54. The van der Waals surface area contributed by atoms with Gasteiger partial charge in [-0.15, -0.1) is 0 Å². The Labute approximate surface area is 132 Å². The molecule has 2 heteroatoms. The maximum absolute atomic E-state index is 3.41. The summed E-state index contributed by atoms with van der Waals surface area (Å²) in [5.41, 5.74) is 4.62. The lowest BCUT2D eigenvalue weighted by Crippen LogP contribution is -2.15. The van der Waals surface area contributed by atoms with Crippen molar-refractivity contribution in [1.82, 2.24) is 0 Å². The van der Waals surface area contributed by atoms with Crippen molar-refractivity contribution in [3.63, 3.8) is 0 Å². The number of nitrogens with zero attached hydrogens (tertiary/aromatic N) is 1. The predicted octanol–water partition coefficient (Wildman–Crippen LogP) is 5.59. The summed E-state index contributed by atoms with van der Waals surface area (Å²) >= 11 is 0. The Morgan fingerprint density at radius 3 is 1.73 bits per heavy atom. The lowest BCUT2D eigenvalue weighted by molar-refractivity contribution is 1.02. The molecule has 0 unspecified atom stereocenters. The van der Waals surface area contributed by atoms with Crippen LogP contribution in [-0.4, -0.2) is 6.54 Å². The van der Waals surface area contributed by atoms with Crippen molar-refractivity contribution >= 4 is 22.7 Å². The molecule has 3 aromatic rings. The normalized spacial score (nSPS) is 10.2. The maximum Gasteiger partial charge on any atom is 0.0412 e. The molecule has 0 aromatic heterocycles. The molecule has 0 radical (unpaired) electrons. The second-order valence-electron chi connectivity index (χ2n) is 5.12. The molecule has 0 atom stereocenters. The fourth-order valence-electron chi connectivity index (χ4n) is 2.54. The van der Waals surface area contributed by atoms with Gasteiger partial charge in [-0.05, 0) is 55.5 Å². The van der Waals surface area contributed by atoms with Gasteiger partial charge in [0.2, 0.25) is 0 Å². The Balaban J connectivity index is 1.78. The van der Waals surface area contributed by atoms with E-state index in [1.807, 2.05) is 24.3 Å². The van der Waals surface area contributed by atoms with Crippen molar-refractivity contribution in [2.24, 2.45) is 0 Å². The van der Waals surface area contributed by atoms with Gasteiger partial charge in [-0.2, -0.15) is 0 Å². The molecule has 0 aliphatic heterocycles. The summed E-state index contributed by atoms with van der Waals surface area (Å²) < 4.78 is 0. The molecule has 2 nitrogen and oxygen atoms in total. The van der Waals surface area contributed by atoms with Gasteiger partial charge in [0, 0.05) is 29.3 Å². The van der Waals surface area contributed by atoms with Gasteiger partial charge in [0.15, 0.2) is 0 Å². The van der Waals surface area contributed by atoms with Crippen LogP contribution in [0.15, 0.2) is 84.9 Å². The Morgan fingerprint density at radius 1 is 0.636 bits per heavy atom. The number of nitrogens with one attached hydrogen (secondary N) is 1. The van der Waals surface area contributed by atoms with E-state index in [9.17, 15) is 0 Å². The second kappa shape index (κ2) is 6.81. The summed E-state index contributed by atoms with van der Waals surface area (Å²) in [6.45, 7) is 3.11. The van der Waals surface area contributed by atoms with Crippen LogP contribution in [0.5, 0.6) is 0 Å². The molecule has 3 rings (SSSR count). The number of anilines is 4. The molecular weight excluding hydrogens is 268 g/mol. The molecule has 3 aromatic carbocycles. The van der Waals surface area contributed by atoms with Crippen LogP contribution >= 0.6 is 0 Å². The zero-order chi connectivity index (χ0) is 15.2. The van der Waals surface area contributed by atoms with E-state index in [0.717, 1.165) is 17.9 Å². The Hall–Kier alpha value is -2.74. The average molecular weight is 288 g/mol. The third-order valence-electron chi connectivity index (χ3n) is 3.63. The van der Waals surface area contributed by atoms with Crippen molar-refractivity contribution in [2.45, 2.75) is 6.92 Å². The minimum Gasteiger partial charge on any atom is -0.356 e. The molecule has 110 valence electrons. The van der Waals surface area contributed by atoms with Crippen molar-refractivity contribution in [2.75, 3.05) is 16.8 Å². The minimum absolute atomic E-state index is 0.940. The van der Waals surface area contributed by atoms with Crippen molar-refractivity contribution in [3.8, 4) is 0 Å². The molecular formula is C20H20N2. The lowest BCUT2D eigenvalue weighted by Gasteiger charge is -2.23. The monoisotopic (exact) mass is 288 g/mol. The first-order valence-corrected chi connectivity index (χ1v) is 7.61. The van der Waals surface area contributed by atoms with E-state index >= 15 is 0 Å². The summed E-state index contributed by atoms with van der Waals surface area (Å²) in [6.07, 6.45) is 0. The van der Waals surface area contributed by atoms with Gasteiger partial charge < -0.3 is 10.2 Å². The van der Waals surface area contributed by atoms with E-state index in [-0.39, 0.29) is 0 Å². The van der Waals surface area contributed by atoms with Crippen molar-refractivity contribution < 1.29 is 0 Å². The highest BCUT2D eigenvalue weighted by atomic mass is 15.1. The van der Waals surface area contributed by atoms with E-state index in [1.165, 1.54) is 11.4 Å². The van der Waals surface area contributed by atoms with Crippen LogP contribution < -0.4 is 10.2 Å². The molecule has 0 bridgehead atoms. The van der Waals surface area contributed by atoms with Gasteiger partial charge in [0.25, 0.3) is 0 Å². The van der Waals surface area contributed by atoms with Crippen LogP contribution in [0.3, 0.4) is 0 Å². The van der Waals surface area contributed by atoms with Gasteiger partial charge in [-0.1, -0.05) is 36.4 Å². The quantitative estimate of drug-likeness (QED) is 0.658. The highest BCUT2D eigenvalue weighted by molar-refractivity contribution is 5.67. The van der Waals surface area contributed by atoms with E-state index in [0.29, 0.717) is 0 Å². The first kappa shape index (κ1) is 14.2. The van der Waals surface area contributed by atoms with E-state index < -0.39 is 0 Å². The topological polar surface area (TPSA) is 15.3 Å². The third kappa shape index (κ3) is 3.29. The average Bonchev–Trinajstić information content (AvgIpc) is 2.59. The molecule has 0 amide bonds. The van der Waals surface area contributed by atoms with Gasteiger partial charge in [-0.3, -0.25) is 0 Å². The van der Waals surface area contributed by atoms with E-state index in [4.69, 9.17) is 0 Å². The lowest BCUT2D eigenvalue weighted by atomic mass is 10.2. The van der Waals surface area contributed by atoms with Gasteiger partial charge in [0.05, 0.1) is 0 Å². The Kier molecular flexibility index (Phi) is 4.40. The molecule has 0 fully saturated rings. The van der Waals surface area contributed by atoms with Gasteiger partial charge in [0.1, 0.15) is 0 Å². The first-order chi connectivity index (χ1) is 10.9. The van der Waals surface area contributed by atoms with Crippen LogP contribution in [-0.2, 0) is 0 Å². The molecule has 22 heavy (non-hydrogen) atoms. The minimum atomic E-state index is 0.940. The molecule has 0 aliphatic carbocycles. The summed E-state index contributed by atoms with van der Waals surface area (Å²) in [5.74, 6) is 0. The van der Waals surface area contributed by atoms with Crippen LogP contribution in [0.4, 0.5) is 22.7 Å². The smallest absolute Gasteiger partial charge is 0.0412 e. The molecule has 1 N–H and O–H groups in total. The Bertz CT molecular complexity index is 691. The zero-order valence-electron chi connectivity index (χ0n) is 12.7. The zero-order valence-corrected chi connectivity index (χ0v) is 12.7. The first-order valence-electron chi connectivity index (χ1n) is 7.61. The van der Waals surface area contributed by atoms with Gasteiger partial charge in [-0.25, -0.2) is 0 Å². The van der Waals surface area contributed by atoms with Crippen LogP contribution in [0, 0.1) is 0 Å². The van der Waals surface area contributed by atoms with Crippen molar-refractivity contribution in [1.29, 1.82) is 0 Å². The van der Waals surface area contributed by atoms with Crippen LogP contribution in [0.1, 0.15) is 6.92 Å². The molecule has 0 aliphatic rings. The second-order valence-corrected chi connectivity index (χ2v) is 5.12. The fraction of sp³-hybridized carbons (Fsp3) is 0.100. The largest absolute Gasteiger partial charge is 0.356 e. The highest BCUT2D eigenvalue weighted by Gasteiger charge is 2.06. The summed E-state index contributed by atoms with van der Waals surface area (Å²) in [5, 5.41) is 3.41. The summed E-state index contributed by atoms with van der Waals surface area (Å²) in [6, 6.07) is 29.2. The molecule has 0 heterocycles. The highest BCUT2D eigenvalue weighted by Crippen LogP contribution is 2.27. The summed E-state index contributed by atoms with van der Waals surface area (Å²) in [7, 11) is 0. The Morgan fingerprint density at radius 2 is 1.14 bits per heavy atom. The van der Waals surface area contributed by atoms with Crippen LogP contribution in [0.2, 0.25) is 0 Å². The van der Waals surface area contributed by atoms with E-state index in [2.05, 4.69) is 77.8 Å². The molecule has 0 saturated carbocycles. The number of benzene rings is 3. The number of rotatable bonds is 5. The standard InChI is InChI=1S/C20H20N2/c1-2-22(19-11-7-4-8-12-19)20-15-13-18(14-16-20)21-17-9-5-3-6-10-17/h3-16,21H,2H2,1H3. The van der Waals surface area contributed by atoms with E-state index in [1.54, 1.807) is 0 Å². The molecule has 0 spiro atoms. The number of hydrogen-bond donors (Lipinski definition) is 1. The SMILES string of the molecule is CCN(c1ccccc1)c1ccc(Nc2ccccc2)cc1. The third-order valence-corrected chi connectivity index (χ3v) is 3.63. The maximum atomic E-state index is 3.41. The predicted molar refractivity (Wildman–Crippen MR) is 95.3 cm³/mol. The number of hydrogen-bond acceptors (Lipinski definition) is 2. The van der Waals surface area contributed by atoms with Crippen molar-refractivity contribution in [3.05, 3.63) is 84.9 Å². The van der Waals surface area contributed by atoms with Gasteiger partial charge >= 0.3 is 0 Å². The summed E-state index contributed by atoms with van der Waals surface area (Å²) in [4.78, 5) is 2.30. The van der Waals surface area contributed by atoms with Crippen LogP contribution in [0.25, 0.3) is 0 Å². The molecule has 0 saturated heterocycles. The number of para-hydroxylation sites is 2.